The van der Waals surface area contributed by atoms with Gasteiger partial charge in [-0.1, -0.05) is 198 Å². The van der Waals surface area contributed by atoms with Crippen molar-refractivity contribution >= 4 is 100 Å². The van der Waals surface area contributed by atoms with E-state index in [1.54, 1.807) is 0 Å². The highest BCUT2D eigenvalue weighted by molar-refractivity contribution is 7.00. The molecule has 0 radical (unpaired) electrons. The molecule has 0 spiro atoms. The predicted molar refractivity (Wildman–Crippen MR) is 320 cm³/mol. The molecule has 0 amide bonds. The Kier molecular flexibility index (Phi) is 10.4. The largest absolute Gasteiger partial charge is 0.311 e. The fourth-order valence-electron chi connectivity index (χ4n) is 12.2. The van der Waals surface area contributed by atoms with Crippen LogP contribution in [-0.4, -0.2) is 6.71 Å². The number of hydrogen-bond donors (Lipinski definition) is 0. The second-order valence-corrected chi connectivity index (χ2v) is 25.7. The van der Waals surface area contributed by atoms with Crippen LogP contribution in [-0.2, 0) is 21.7 Å². The lowest BCUT2D eigenvalue weighted by atomic mass is 9.33. The molecule has 2 nitrogen and oxygen atoms in total. The Balaban J connectivity index is 1.30. The molecule has 0 N–H and O–H groups in total. The molecule has 0 atom stereocenters. The van der Waals surface area contributed by atoms with E-state index in [0.29, 0.717) is 0 Å². The summed E-state index contributed by atoms with van der Waals surface area (Å²) in [6, 6.07) is 64.2. The standard InChI is InChI=1S/C70H69BN2/c1-42-20-19-21-43(2)65(42)48-32-63-66-64(33-48)73(54-38-51(69(9,10)11)35-52(39-54)70(12,13)14)62-41-58-47(29-27-45-23-16-18-25-56(45)58)31-60(62)71(66)59-30-46-28-26-44-22-15-17-24-55(44)57(46)40-61(59)72(63)53-36-49(67(3,4)5)34-50(37-53)68(6,7)8/h15-41H,1-14H3. The number of fused-ring (bicyclic) bond motifs is 10. The molecule has 2 heterocycles. The van der Waals surface area contributed by atoms with E-state index < -0.39 is 0 Å². The SMILES string of the molecule is Cc1cccc(C)c1-c1cc2c3c(c1)N(c1cc(C(C)(C)C)cc(C(C)(C)C)c1)c1cc4c(ccc5ccccc54)cc1B3c1cc3ccc4ccccc4c3cc1N2c1cc(C(C)(C)C)cc(C(C)(C)C)c1. The van der Waals surface area contributed by atoms with Crippen molar-refractivity contribution in [2.24, 2.45) is 0 Å². The molecule has 0 fully saturated rings. The summed E-state index contributed by atoms with van der Waals surface area (Å²) in [7, 11) is 0. The first-order valence-electron chi connectivity index (χ1n) is 26.6. The molecule has 0 aromatic heterocycles. The van der Waals surface area contributed by atoms with E-state index in [9.17, 15) is 0 Å². The maximum atomic E-state index is 2.68. The molecule has 3 heteroatoms. The first-order valence-corrected chi connectivity index (χ1v) is 26.6. The minimum atomic E-state index is -0.0832. The van der Waals surface area contributed by atoms with Crippen molar-refractivity contribution < 1.29 is 0 Å². The van der Waals surface area contributed by atoms with Gasteiger partial charge in [0.2, 0.25) is 0 Å². The third-order valence-corrected chi connectivity index (χ3v) is 16.4. The van der Waals surface area contributed by atoms with Crippen LogP contribution in [0.5, 0.6) is 0 Å². The summed E-state index contributed by atoms with van der Waals surface area (Å²) >= 11 is 0. The number of aryl methyl sites for hydroxylation is 2. The van der Waals surface area contributed by atoms with Gasteiger partial charge in [-0.3, -0.25) is 0 Å². The maximum Gasteiger partial charge on any atom is 0.252 e. The minimum absolute atomic E-state index is 0.0676. The summed E-state index contributed by atoms with van der Waals surface area (Å²) in [6.07, 6.45) is 0. The van der Waals surface area contributed by atoms with Gasteiger partial charge in [0.05, 0.1) is 0 Å². The van der Waals surface area contributed by atoms with Crippen LogP contribution in [0.2, 0.25) is 0 Å². The smallest absolute Gasteiger partial charge is 0.252 e. The van der Waals surface area contributed by atoms with Crippen LogP contribution >= 0.6 is 0 Å². The van der Waals surface area contributed by atoms with E-state index in [2.05, 4.69) is 271 Å². The van der Waals surface area contributed by atoms with Crippen LogP contribution in [0.1, 0.15) is 116 Å². The Morgan fingerprint density at radius 2 is 0.699 bits per heavy atom. The Morgan fingerprint density at radius 1 is 0.329 bits per heavy atom. The normalized spacial score (nSPS) is 13.8. The zero-order valence-corrected chi connectivity index (χ0v) is 45.6. The monoisotopic (exact) mass is 949 g/mol. The summed E-state index contributed by atoms with van der Waals surface area (Å²) in [5.74, 6) is 0. The molecular formula is C70H69BN2. The molecule has 362 valence electrons. The van der Waals surface area contributed by atoms with Crippen molar-refractivity contribution in [2.75, 3.05) is 9.80 Å². The van der Waals surface area contributed by atoms with Crippen LogP contribution < -0.4 is 26.2 Å². The van der Waals surface area contributed by atoms with E-state index in [4.69, 9.17) is 0 Å². The Morgan fingerprint density at radius 3 is 1.08 bits per heavy atom. The van der Waals surface area contributed by atoms with Crippen molar-refractivity contribution in [1.29, 1.82) is 0 Å². The highest BCUT2D eigenvalue weighted by Gasteiger charge is 2.45. The molecule has 0 saturated heterocycles. The van der Waals surface area contributed by atoms with Gasteiger partial charge in [-0.15, -0.1) is 0 Å². The van der Waals surface area contributed by atoms with Crippen LogP contribution in [0, 0.1) is 13.8 Å². The molecule has 0 bridgehead atoms. The number of anilines is 6. The fraction of sp³-hybridized carbons (Fsp3) is 0.257. The van der Waals surface area contributed by atoms with Crippen LogP contribution in [0.3, 0.4) is 0 Å². The van der Waals surface area contributed by atoms with Crippen LogP contribution in [0.4, 0.5) is 34.1 Å². The van der Waals surface area contributed by atoms with Gasteiger partial charge in [-0.25, -0.2) is 0 Å². The van der Waals surface area contributed by atoms with Gasteiger partial charge in [0, 0.05) is 34.1 Å². The lowest BCUT2D eigenvalue weighted by Gasteiger charge is -2.45. The number of rotatable bonds is 3. The van der Waals surface area contributed by atoms with Gasteiger partial charge in [0.15, 0.2) is 0 Å². The molecular weight excluding hydrogens is 880 g/mol. The molecule has 2 aliphatic rings. The zero-order chi connectivity index (χ0) is 51.3. The molecule has 2 aliphatic heterocycles. The van der Waals surface area contributed by atoms with Gasteiger partial charge in [0.1, 0.15) is 0 Å². The van der Waals surface area contributed by atoms with E-state index in [-0.39, 0.29) is 28.4 Å². The first-order chi connectivity index (χ1) is 34.5. The molecule has 10 aromatic carbocycles. The third-order valence-electron chi connectivity index (χ3n) is 16.4. The average Bonchev–Trinajstić information content (AvgIpc) is 3.33. The molecule has 12 rings (SSSR count). The molecule has 0 unspecified atom stereocenters. The van der Waals surface area contributed by atoms with Crippen molar-refractivity contribution in [3.05, 3.63) is 197 Å². The molecule has 10 aromatic rings. The average molecular weight is 949 g/mol. The topological polar surface area (TPSA) is 6.48 Å². The van der Waals surface area contributed by atoms with E-state index in [1.807, 2.05) is 0 Å². The zero-order valence-electron chi connectivity index (χ0n) is 45.6. The fourth-order valence-corrected chi connectivity index (χ4v) is 12.2. The van der Waals surface area contributed by atoms with Gasteiger partial charge in [-0.2, -0.15) is 0 Å². The Bertz CT molecular complexity index is 3620. The van der Waals surface area contributed by atoms with Gasteiger partial charge in [-0.05, 0) is 188 Å². The van der Waals surface area contributed by atoms with Crippen molar-refractivity contribution in [3.8, 4) is 11.1 Å². The summed E-state index contributed by atoms with van der Waals surface area (Å²) in [5, 5.41) is 10.1. The predicted octanol–water partition coefficient (Wildman–Crippen LogP) is 17.9. The lowest BCUT2D eigenvalue weighted by Crippen LogP contribution is -2.61. The van der Waals surface area contributed by atoms with Crippen LogP contribution in [0.15, 0.2) is 164 Å². The van der Waals surface area contributed by atoms with Crippen molar-refractivity contribution in [1.82, 2.24) is 0 Å². The van der Waals surface area contributed by atoms with Gasteiger partial charge in [0.25, 0.3) is 6.71 Å². The van der Waals surface area contributed by atoms with Gasteiger partial charge < -0.3 is 9.80 Å². The molecule has 73 heavy (non-hydrogen) atoms. The Labute approximate surface area is 434 Å². The number of nitrogens with zero attached hydrogens (tertiary/aromatic N) is 2. The highest BCUT2D eigenvalue weighted by Crippen LogP contribution is 2.50. The first kappa shape index (κ1) is 46.9. The second-order valence-electron chi connectivity index (χ2n) is 25.7. The summed E-state index contributed by atoms with van der Waals surface area (Å²) < 4.78 is 0. The van der Waals surface area contributed by atoms with Gasteiger partial charge >= 0.3 is 0 Å². The summed E-state index contributed by atoms with van der Waals surface area (Å²) in [4.78, 5) is 5.36. The second kappa shape index (κ2) is 16.2. The highest BCUT2D eigenvalue weighted by atomic mass is 15.2. The minimum Gasteiger partial charge on any atom is -0.311 e. The third kappa shape index (κ3) is 7.68. The lowest BCUT2D eigenvalue weighted by molar-refractivity contribution is 0.568. The van der Waals surface area contributed by atoms with Crippen molar-refractivity contribution in [2.45, 2.75) is 119 Å². The summed E-state index contributed by atoms with van der Waals surface area (Å²) in [5.41, 5.74) is 21.4. The van der Waals surface area contributed by atoms with E-state index >= 15 is 0 Å². The molecule has 0 aliphatic carbocycles. The van der Waals surface area contributed by atoms with Crippen molar-refractivity contribution in [3.63, 3.8) is 0 Å². The van der Waals surface area contributed by atoms with E-state index in [0.717, 1.165) is 0 Å². The maximum absolute atomic E-state index is 2.68. The Hall–Kier alpha value is -7.10. The number of benzene rings is 10. The summed E-state index contributed by atoms with van der Waals surface area (Å²) in [6.45, 7) is 32.9. The van der Waals surface area contributed by atoms with E-state index in [1.165, 1.54) is 138 Å². The number of hydrogen-bond acceptors (Lipinski definition) is 2. The molecule has 0 saturated carbocycles. The quantitative estimate of drug-likeness (QED) is 0.129. The van der Waals surface area contributed by atoms with Crippen LogP contribution in [0.25, 0.3) is 54.2 Å².